The van der Waals surface area contributed by atoms with Crippen LogP contribution >= 0.6 is 0 Å². The number of aliphatic hydroxyl groups excluding tert-OH is 1. The summed E-state index contributed by atoms with van der Waals surface area (Å²) in [6.07, 6.45) is 0.786. The lowest BCUT2D eigenvalue weighted by atomic mass is 9.89. The molecule has 0 aromatic heterocycles. The number of halogens is 1. The minimum absolute atomic E-state index is 0.0218. The highest BCUT2D eigenvalue weighted by molar-refractivity contribution is 5.63. The highest BCUT2D eigenvalue weighted by atomic mass is 19.1. The summed E-state index contributed by atoms with van der Waals surface area (Å²) in [5, 5.41) is 22.9. The molecule has 1 aromatic rings. The first kappa shape index (κ1) is 11.8. The molecule has 0 heterocycles. The lowest BCUT2D eigenvalue weighted by Crippen LogP contribution is -2.39. The van der Waals surface area contributed by atoms with Crippen molar-refractivity contribution in [2.24, 2.45) is 0 Å². The molecule has 1 aliphatic rings. The Morgan fingerprint density at radius 3 is 2.71 bits per heavy atom. The molecule has 92 valence electrons. The van der Waals surface area contributed by atoms with Crippen molar-refractivity contribution in [2.75, 3.05) is 5.32 Å². The molecule has 1 aromatic carbocycles. The molecule has 0 spiro atoms. The number of nitro groups is 1. The molecular weight excluding hydrogens is 227 g/mol. The zero-order valence-corrected chi connectivity index (χ0v) is 9.31. The molecule has 0 bridgehead atoms. The first-order valence-corrected chi connectivity index (χ1v) is 5.36. The second-order valence-corrected chi connectivity index (χ2v) is 4.34. The summed E-state index contributed by atoms with van der Waals surface area (Å²) < 4.78 is 13.2. The van der Waals surface area contributed by atoms with Gasteiger partial charge in [-0.15, -0.1) is 0 Å². The van der Waals surface area contributed by atoms with Crippen LogP contribution in [0, 0.1) is 22.9 Å². The topological polar surface area (TPSA) is 75.4 Å². The third-order valence-corrected chi connectivity index (χ3v) is 2.95. The Kier molecular flexibility index (Phi) is 2.97. The number of rotatable bonds is 3. The van der Waals surface area contributed by atoms with E-state index < -0.39 is 10.7 Å². The van der Waals surface area contributed by atoms with Crippen molar-refractivity contribution in [2.45, 2.75) is 31.9 Å². The molecule has 17 heavy (non-hydrogen) atoms. The van der Waals surface area contributed by atoms with E-state index in [2.05, 4.69) is 5.32 Å². The number of nitrogens with zero attached hydrogens (tertiary/aromatic N) is 1. The van der Waals surface area contributed by atoms with Gasteiger partial charge in [0, 0.05) is 6.04 Å². The van der Waals surface area contributed by atoms with Crippen molar-refractivity contribution >= 4 is 11.4 Å². The van der Waals surface area contributed by atoms with E-state index in [9.17, 15) is 14.5 Å². The standard InChI is InChI=1S/C11H13FN2O3/c1-6-2-10(13-7-3-8(15)4-7)11(14(16)17)5-9(6)12/h2,5,7-8,13,15H,3-4H2,1H3. The maximum Gasteiger partial charge on any atom is 0.295 e. The molecule has 5 nitrogen and oxygen atoms in total. The van der Waals surface area contributed by atoms with Crippen LogP contribution in [0.3, 0.4) is 0 Å². The van der Waals surface area contributed by atoms with Crippen LogP contribution in [-0.4, -0.2) is 22.2 Å². The molecule has 2 N–H and O–H groups in total. The molecule has 6 heteroatoms. The fourth-order valence-electron chi connectivity index (χ4n) is 1.86. The van der Waals surface area contributed by atoms with Gasteiger partial charge < -0.3 is 10.4 Å². The molecule has 1 saturated carbocycles. The molecular formula is C11H13FN2O3. The zero-order valence-electron chi connectivity index (χ0n) is 9.31. The van der Waals surface area contributed by atoms with Gasteiger partial charge in [0.05, 0.1) is 17.1 Å². The van der Waals surface area contributed by atoms with Crippen LogP contribution < -0.4 is 5.32 Å². The van der Waals surface area contributed by atoms with E-state index in [-0.39, 0.29) is 17.8 Å². The molecule has 0 atom stereocenters. The van der Waals surface area contributed by atoms with Crippen molar-refractivity contribution in [1.29, 1.82) is 0 Å². The van der Waals surface area contributed by atoms with Gasteiger partial charge in [0.15, 0.2) is 0 Å². The number of aryl methyl sites for hydroxylation is 1. The minimum atomic E-state index is -0.611. The SMILES string of the molecule is Cc1cc(NC2CC(O)C2)c([N+](=O)[O-])cc1F. The average molecular weight is 240 g/mol. The van der Waals surface area contributed by atoms with Crippen molar-refractivity contribution in [3.05, 3.63) is 33.6 Å². The monoisotopic (exact) mass is 240 g/mol. The van der Waals surface area contributed by atoms with Crippen LogP contribution in [0.2, 0.25) is 0 Å². The zero-order chi connectivity index (χ0) is 12.6. The van der Waals surface area contributed by atoms with E-state index in [1.165, 1.54) is 6.07 Å². The van der Waals surface area contributed by atoms with Crippen molar-refractivity contribution < 1.29 is 14.4 Å². The van der Waals surface area contributed by atoms with E-state index >= 15 is 0 Å². The van der Waals surface area contributed by atoms with Gasteiger partial charge in [-0.25, -0.2) is 4.39 Å². The third kappa shape index (κ3) is 2.36. The van der Waals surface area contributed by atoms with E-state index in [1.54, 1.807) is 6.92 Å². The summed E-state index contributed by atoms with van der Waals surface area (Å²) >= 11 is 0. The largest absolute Gasteiger partial charge is 0.393 e. The van der Waals surface area contributed by atoms with Crippen LogP contribution in [0.15, 0.2) is 12.1 Å². The van der Waals surface area contributed by atoms with E-state index in [4.69, 9.17) is 5.11 Å². The Morgan fingerprint density at radius 1 is 1.53 bits per heavy atom. The summed E-state index contributed by atoms with van der Waals surface area (Å²) in [4.78, 5) is 10.2. The fraction of sp³-hybridized carbons (Fsp3) is 0.455. The van der Waals surface area contributed by atoms with Gasteiger partial charge in [-0.1, -0.05) is 0 Å². The van der Waals surface area contributed by atoms with E-state index in [1.807, 2.05) is 0 Å². The predicted molar refractivity (Wildman–Crippen MR) is 60.4 cm³/mol. The maximum absolute atomic E-state index is 13.2. The molecule has 0 saturated heterocycles. The Labute approximate surface area is 97.4 Å². The molecule has 0 aliphatic heterocycles. The number of aliphatic hydroxyl groups is 1. The molecule has 0 amide bonds. The number of hydrogen-bond acceptors (Lipinski definition) is 4. The average Bonchev–Trinajstić information content (AvgIpc) is 2.20. The Morgan fingerprint density at radius 2 is 2.18 bits per heavy atom. The van der Waals surface area contributed by atoms with E-state index in [0.717, 1.165) is 6.07 Å². The minimum Gasteiger partial charge on any atom is -0.393 e. The molecule has 2 rings (SSSR count). The normalized spacial score (nSPS) is 23.0. The van der Waals surface area contributed by atoms with Crippen molar-refractivity contribution in [1.82, 2.24) is 0 Å². The lowest BCUT2D eigenvalue weighted by Gasteiger charge is -2.32. The first-order chi connectivity index (χ1) is 7.97. The van der Waals surface area contributed by atoms with Crippen LogP contribution in [0.4, 0.5) is 15.8 Å². The predicted octanol–water partition coefficient (Wildman–Crippen LogP) is 1.98. The Bertz CT molecular complexity index is 458. The number of benzene rings is 1. The van der Waals surface area contributed by atoms with Gasteiger partial charge in [0.25, 0.3) is 5.69 Å². The Balaban J connectivity index is 2.25. The number of nitro benzene ring substituents is 1. The lowest BCUT2D eigenvalue weighted by molar-refractivity contribution is -0.384. The van der Waals surface area contributed by atoms with Crippen LogP contribution in [0.5, 0.6) is 0 Å². The maximum atomic E-state index is 13.2. The highest BCUT2D eigenvalue weighted by Gasteiger charge is 2.29. The van der Waals surface area contributed by atoms with E-state index in [0.29, 0.717) is 24.1 Å². The van der Waals surface area contributed by atoms with Crippen molar-refractivity contribution in [3.63, 3.8) is 0 Å². The van der Waals surface area contributed by atoms with Crippen LogP contribution in [-0.2, 0) is 0 Å². The van der Waals surface area contributed by atoms with Gasteiger partial charge in [0.1, 0.15) is 11.5 Å². The molecule has 1 fully saturated rings. The summed E-state index contributed by atoms with van der Waals surface area (Å²) in [7, 11) is 0. The summed E-state index contributed by atoms with van der Waals surface area (Å²) in [6.45, 7) is 1.56. The van der Waals surface area contributed by atoms with Gasteiger partial charge in [0.2, 0.25) is 0 Å². The summed E-state index contributed by atoms with van der Waals surface area (Å²) in [5.74, 6) is -0.587. The van der Waals surface area contributed by atoms with Gasteiger partial charge in [-0.3, -0.25) is 10.1 Å². The summed E-state index contributed by atoms with van der Waals surface area (Å²) in [6, 6.07) is 2.37. The molecule has 0 radical (unpaired) electrons. The quantitative estimate of drug-likeness (QED) is 0.625. The van der Waals surface area contributed by atoms with Crippen LogP contribution in [0.1, 0.15) is 18.4 Å². The number of nitrogens with one attached hydrogen (secondary N) is 1. The first-order valence-electron chi connectivity index (χ1n) is 5.36. The smallest absolute Gasteiger partial charge is 0.295 e. The molecule has 0 unspecified atom stereocenters. The summed E-state index contributed by atoms with van der Waals surface area (Å²) in [5.41, 5.74) is 0.401. The van der Waals surface area contributed by atoms with Gasteiger partial charge >= 0.3 is 0 Å². The molecule has 1 aliphatic carbocycles. The van der Waals surface area contributed by atoms with Crippen molar-refractivity contribution in [3.8, 4) is 0 Å². The third-order valence-electron chi connectivity index (χ3n) is 2.95. The second kappa shape index (κ2) is 4.29. The Hall–Kier alpha value is -1.69. The van der Waals surface area contributed by atoms with Crippen LogP contribution in [0.25, 0.3) is 0 Å². The van der Waals surface area contributed by atoms with Gasteiger partial charge in [-0.2, -0.15) is 0 Å². The second-order valence-electron chi connectivity index (χ2n) is 4.34. The number of hydrogen-bond donors (Lipinski definition) is 2. The fourth-order valence-corrected chi connectivity index (χ4v) is 1.86. The number of anilines is 1. The van der Waals surface area contributed by atoms with Gasteiger partial charge in [-0.05, 0) is 31.4 Å². The highest BCUT2D eigenvalue weighted by Crippen LogP contribution is 2.31.